The first kappa shape index (κ1) is 23.9. The number of fused-ring (bicyclic) bond motifs is 1. The van der Waals surface area contributed by atoms with E-state index in [9.17, 15) is 4.39 Å². The molecule has 3 aromatic rings. The van der Waals surface area contributed by atoms with Crippen LogP contribution in [0.2, 0.25) is 0 Å². The number of benzene rings is 1. The molecule has 36 heavy (non-hydrogen) atoms. The minimum Gasteiger partial charge on any atom is -0.421 e. The predicted octanol–water partition coefficient (Wildman–Crippen LogP) is 4.43. The van der Waals surface area contributed by atoms with Crippen molar-refractivity contribution in [1.29, 1.82) is 0 Å². The average Bonchev–Trinajstić information content (AvgIpc) is 3.58. The van der Waals surface area contributed by atoms with Crippen LogP contribution in [0.3, 0.4) is 0 Å². The molecule has 0 spiro atoms. The van der Waals surface area contributed by atoms with Crippen LogP contribution in [0.5, 0.6) is 11.8 Å². The first-order chi connectivity index (χ1) is 17.3. The summed E-state index contributed by atoms with van der Waals surface area (Å²) in [6.07, 6.45) is 5.30. The van der Waals surface area contributed by atoms with E-state index in [1.807, 2.05) is 33.2 Å². The molecular formula is C25H28F2N8O. The fourth-order valence-corrected chi connectivity index (χ4v) is 4.42. The number of rotatable bonds is 6. The number of allylic oxidation sites excluding steroid dienone is 2. The van der Waals surface area contributed by atoms with Gasteiger partial charge in [-0.25, -0.2) is 13.8 Å². The van der Waals surface area contributed by atoms with Crippen molar-refractivity contribution < 1.29 is 13.5 Å². The molecule has 188 valence electrons. The lowest BCUT2D eigenvalue weighted by molar-refractivity contribution is 0.315. The first-order valence-corrected chi connectivity index (χ1v) is 11.8. The highest BCUT2D eigenvalue weighted by Gasteiger charge is 2.26. The highest BCUT2D eigenvalue weighted by Crippen LogP contribution is 2.33. The number of aromatic nitrogens is 3. The molecule has 2 aliphatic heterocycles. The monoisotopic (exact) mass is 494 g/mol. The lowest BCUT2D eigenvalue weighted by Gasteiger charge is -2.21. The van der Waals surface area contributed by atoms with E-state index in [1.54, 1.807) is 13.0 Å². The molecule has 11 heteroatoms. The second-order valence-electron chi connectivity index (χ2n) is 9.18. The van der Waals surface area contributed by atoms with Crippen LogP contribution < -0.4 is 15.1 Å². The summed E-state index contributed by atoms with van der Waals surface area (Å²) in [5.41, 5.74) is 4.50. The maximum absolute atomic E-state index is 15.2. The smallest absolute Gasteiger partial charge is 0.326 e. The Morgan fingerprint density at radius 1 is 1.22 bits per heavy atom. The Morgan fingerprint density at radius 2 is 2.06 bits per heavy atom. The maximum atomic E-state index is 15.2. The van der Waals surface area contributed by atoms with E-state index in [0.717, 1.165) is 31.3 Å². The predicted molar refractivity (Wildman–Crippen MR) is 136 cm³/mol. The molecule has 2 aliphatic rings. The summed E-state index contributed by atoms with van der Waals surface area (Å²) < 4.78 is 35.6. The first-order valence-electron chi connectivity index (χ1n) is 11.8. The van der Waals surface area contributed by atoms with Gasteiger partial charge in [0.2, 0.25) is 0 Å². The van der Waals surface area contributed by atoms with Crippen LogP contribution in [0.25, 0.3) is 10.9 Å². The van der Waals surface area contributed by atoms with Crippen molar-refractivity contribution in [3.63, 3.8) is 0 Å². The van der Waals surface area contributed by atoms with Gasteiger partial charge in [-0.05, 0) is 46.5 Å². The molecule has 5 rings (SSSR count). The third kappa shape index (κ3) is 4.78. The van der Waals surface area contributed by atoms with E-state index >= 15 is 4.39 Å². The largest absolute Gasteiger partial charge is 0.421 e. The number of ether oxygens (including phenoxy) is 1. The number of nitrogens with one attached hydrogen (secondary N) is 2. The minimum absolute atomic E-state index is 0.0927. The van der Waals surface area contributed by atoms with Gasteiger partial charge in [-0.2, -0.15) is 15.1 Å². The van der Waals surface area contributed by atoms with Crippen molar-refractivity contribution in [2.24, 2.45) is 10.1 Å². The Kier molecular flexibility index (Phi) is 6.40. The summed E-state index contributed by atoms with van der Waals surface area (Å²) in [5.74, 6) is -0.0395. The Morgan fingerprint density at radius 3 is 2.81 bits per heavy atom. The number of likely N-dealkylation sites (N-methyl/N-ethyl adjacent to an activating group) is 1. The molecular weight excluding hydrogens is 466 g/mol. The summed E-state index contributed by atoms with van der Waals surface area (Å²) in [6, 6.07) is 4.57. The number of hydrogen-bond acceptors (Lipinski definition) is 7. The van der Waals surface area contributed by atoms with Crippen molar-refractivity contribution in [3.05, 3.63) is 47.7 Å². The molecule has 2 aromatic heterocycles. The summed E-state index contributed by atoms with van der Waals surface area (Å²) in [4.78, 5) is 20.6. The standard InChI is InChI=1S/C25H28F2N8O/c1-5-6-15-10-21(33-32-15)29-20-12-22(35-8-7-16(13-35)34(3)4)31-25(30-20)36-19-11-18(26)24-17(23(19)27)9-14(2)28-24/h5-6,9,11-12,16,28H,7-8,10,13H2,1-4H3,(H,29,30,31,33)/b6-5+. The fraction of sp³-hybridized carbons (Fsp3) is 0.360. The molecule has 1 fully saturated rings. The third-order valence-electron chi connectivity index (χ3n) is 6.28. The SMILES string of the molecule is C/C=C/C1=NNC(=Nc2cc(N3CCC(N(C)C)C3)nc(Oc3cc(F)c4[nH]c(C)cc4c3F)n2)C1. The number of anilines is 1. The van der Waals surface area contributed by atoms with Crippen molar-refractivity contribution in [1.82, 2.24) is 25.3 Å². The number of H-pyrrole nitrogens is 1. The maximum Gasteiger partial charge on any atom is 0.326 e. The van der Waals surface area contributed by atoms with Crippen LogP contribution in [0, 0.1) is 18.6 Å². The van der Waals surface area contributed by atoms with Crippen LogP contribution in [-0.2, 0) is 0 Å². The van der Waals surface area contributed by atoms with Gasteiger partial charge in [-0.3, -0.25) is 5.43 Å². The summed E-state index contributed by atoms with van der Waals surface area (Å²) >= 11 is 0. The number of nitrogens with zero attached hydrogens (tertiary/aromatic N) is 6. The highest BCUT2D eigenvalue weighted by atomic mass is 19.1. The van der Waals surface area contributed by atoms with Gasteiger partial charge < -0.3 is 19.5 Å². The van der Waals surface area contributed by atoms with Crippen LogP contribution in [0.1, 0.15) is 25.5 Å². The van der Waals surface area contributed by atoms with Crippen molar-refractivity contribution in [2.75, 3.05) is 32.1 Å². The molecule has 9 nitrogen and oxygen atoms in total. The normalized spacial score (nSPS) is 19.2. The highest BCUT2D eigenvalue weighted by molar-refractivity contribution is 6.12. The van der Waals surface area contributed by atoms with Crippen LogP contribution in [0.4, 0.5) is 20.4 Å². The summed E-state index contributed by atoms with van der Waals surface area (Å²) in [5, 5.41) is 4.35. The van der Waals surface area contributed by atoms with Gasteiger partial charge in [0, 0.05) is 42.3 Å². The van der Waals surface area contributed by atoms with E-state index < -0.39 is 11.6 Å². The van der Waals surface area contributed by atoms with Gasteiger partial charge in [-0.15, -0.1) is 0 Å². The van der Waals surface area contributed by atoms with Crippen molar-refractivity contribution in [2.45, 2.75) is 32.7 Å². The molecule has 0 aliphatic carbocycles. The topological polar surface area (TPSA) is 94.0 Å². The Labute approximate surface area is 207 Å². The summed E-state index contributed by atoms with van der Waals surface area (Å²) in [6.45, 7) is 5.21. The molecule has 4 heterocycles. The number of aryl methyl sites for hydroxylation is 1. The molecule has 0 amide bonds. The molecule has 0 radical (unpaired) electrons. The lowest BCUT2D eigenvalue weighted by Crippen LogP contribution is -2.31. The number of amidine groups is 1. The fourth-order valence-electron chi connectivity index (χ4n) is 4.42. The number of hydrazone groups is 1. The average molecular weight is 495 g/mol. The van der Waals surface area contributed by atoms with Crippen LogP contribution in [-0.4, -0.2) is 64.6 Å². The summed E-state index contributed by atoms with van der Waals surface area (Å²) in [7, 11) is 4.09. The molecule has 1 unspecified atom stereocenters. The van der Waals surface area contributed by atoms with E-state index in [1.165, 1.54) is 6.07 Å². The van der Waals surface area contributed by atoms with Crippen LogP contribution in [0.15, 0.2) is 40.4 Å². The molecule has 0 bridgehead atoms. The molecule has 1 aromatic carbocycles. The Balaban J connectivity index is 1.50. The van der Waals surface area contributed by atoms with Gasteiger partial charge in [-0.1, -0.05) is 6.08 Å². The van der Waals surface area contributed by atoms with E-state index in [2.05, 4.69) is 40.3 Å². The van der Waals surface area contributed by atoms with E-state index in [4.69, 9.17) is 4.74 Å². The van der Waals surface area contributed by atoms with Gasteiger partial charge in [0.05, 0.1) is 17.6 Å². The van der Waals surface area contributed by atoms with E-state index in [-0.39, 0.29) is 22.7 Å². The molecule has 1 saturated heterocycles. The zero-order valence-electron chi connectivity index (χ0n) is 20.6. The lowest BCUT2D eigenvalue weighted by atomic mass is 10.2. The number of hydrogen-bond donors (Lipinski definition) is 2. The number of halogens is 2. The number of aliphatic imine (C=N–C) groups is 1. The Hall–Kier alpha value is -3.86. The zero-order chi connectivity index (χ0) is 25.4. The van der Waals surface area contributed by atoms with Crippen molar-refractivity contribution >= 4 is 34.1 Å². The number of aromatic amines is 1. The van der Waals surface area contributed by atoms with Crippen molar-refractivity contribution in [3.8, 4) is 11.8 Å². The van der Waals surface area contributed by atoms with Gasteiger partial charge >= 0.3 is 6.01 Å². The molecule has 0 saturated carbocycles. The van der Waals surface area contributed by atoms with Crippen LogP contribution >= 0.6 is 0 Å². The Bertz CT molecular complexity index is 1390. The second-order valence-corrected chi connectivity index (χ2v) is 9.18. The second kappa shape index (κ2) is 9.65. The van der Waals surface area contributed by atoms with Gasteiger partial charge in [0.1, 0.15) is 11.7 Å². The van der Waals surface area contributed by atoms with E-state index in [0.29, 0.717) is 35.6 Å². The molecule has 1 atom stereocenters. The quantitative estimate of drug-likeness (QED) is 0.527. The minimum atomic E-state index is -0.687. The molecule has 2 N–H and O–H groups in total. The third-order valence-corrected chi connectivity index (χ3v) is 6.28. The zero-order valence-corrected chi connectivity index (χ0v) is 20.6. The van der Waals surface area contributed by atoms with Gasteiger partial charge in [0.25, 0.3) is 0 Å². The van der Waals surface area contributed by atoms with Gasteiger partial charge in [0.15, 0.2) is 23.2 Å².